The van der Waals surface area contributed by atoms with E-state index in [0.717, 1.165) is 35.8 Å². The Morgan fingerprint density at radius 3 is 2.70 bits per heavy atom. The van der Waals surface area contributed by atoms with Gasteiger partial charge in [-0.1, -0.05) is 19.8 Å². The van der Waals surface area contributed by atoms with Gasteiger partial charge in [-0.15, -0.1) is 0 Å². The summed E-state index contributed by atoms with van der Waals surface area (Å²) < 4.78 is 0. The molecule has 1 amide bonds. The number of carbonyl (C=O) groups excluding carboxylic acids is 1. The number of aryl methyl sites for hydroxylation is 2. The minimum absolute atomic E-state index is 0.192. The lowest BCUT2D eigenvalue weighted by atomic mass is 9.72. The van der Waals surface area contributed by atoms with Crippen LogP contribution < -0.4 is 0 Å². The molecule has 20 heavy (non-hydrogen) atoms. The number of fused-ring (bicyclic) bond motifs is 1. The highest BCUT2D eigenvalue weighted by Gasteiger charge is 2.40. The molecule has 1 aliphatic heterocycles. The molecule has 3 rings (SSSR count). The molecular formula is C16H25N3O. The molecule has 2 fully saturated rings. The van der Waals surface area contributed by atoms with Crippen LogP contribution in [-0.4, -0.2) is 33.6 Å². The van der Waals surface area contributed by atoms with Crippen LogP contribution in [0.2, 0.25) is 0 Å². The molecule has 1 aromatic rings. The summed E-state index contributed by atoms with van der Waals surface area (Å²) in [5, 5.41) is 7.12. The number of aromatic amines is 1. The fourth-order valence-electron chi connectivity index (χ4n) is 4.18. The largest absolute Gasteiger partial charge is 0.335 e. The van der Waals surface area contributed by atoms with E-state index in [-0.39, 0.29) is 5.91 Å². The number of rotatable bonds is 1. The Labute approximate surface area is 120 Å². The lowest BCUT2D eigenvalue weighted by Gasteiger charge is -2.47. The molecule has 3 unspecified atom stereocenters. The predicted octanol–water partition coefficient (Wildman–Crippen LogP) is 3.07. The molecule has 4 nitrogen and oxygen atoms in total. The van der Waals surface area contributed by atoms with E-state index in [9.17, 15) is 4.79 Å². The van der Waals surface area contributed by atoms with Gasteiger partial charge in [0.05, 0.1) is 11.3 Å². The van der Waals surface area contributed by atoms with Crippen molar-refractivity contribution < 1.29 is 4.79 Å². The van der Waals surface area contributed by atoms with E-state index in [1.54, 1.807) is 0 Å². The first-order valence-electron chi connectivity index (χ1n) is 7.92. The topological polar surface area (TPSA) is 49.0 Å². The Kier molecular flexibility index (Phi) is 3.57. The van der Waals surface area contributed by atoms with Crippen molar-refractivity contribution in [2.45, 2.75) is 58.9 Å². The van der Waals surface area contributed by atoms with Gasteiger partial charge in [-0.3, -0.25) is 9.89 Å². The van der Waals surface area contributed by atoms with Crippen LogP contribution in [-0.2, 0) is 0 Å². The van der Waals surface area contributed by atoms with Gasteiger partial charge in [0.15, 0.2) is 0 Å². The first-order valence-corrected chi connectivity index (χ1v) is 7.92. The van der Waals surface area contributed by atoms with Crippen LogP contribution in [0.3, 0.4) is 0 Å². The van der Waals surface area contributed by atoms with Gasteiger partial charge in [0.1, 0.15) is 0 Å². The average Bonchev–Trinajstić information content (AvgIpc) is 2.78. The highest BCUT2D eigenvalue weighted by atomic mass is 16.2. The summed E-state index contributed by atoms with van der Waals surface area (Å²) in [5.41, 5.74) is 2.53. The van der Waals surface area contributed by atoms with Crippen molar-refractivity contribution in [2.24, 2.45) is 11.8 Å². The molecule has 1 saturated heterocycles. The van der Waals surface area contributed by atoms with Gasteiger partial charge in [-0.2, -0.15) is 5.10 Å². The molecule has 3 atom stereocenters. The quantitative estimate of drug-likeness (QED) is 0.856. The molecule has 0 radical (unpaired) electrons. The van der Waals surface area contributed by atoms with E-state index in [0.29, 0.717) is 12.0 Å². The van der Waals surface area contributed by atoms with Crippen molar-refractivity contribution in [1.29, 1.82) is 0 Å². The van der Waals surface area contributed by atoms with E-state index >= 15 is 0 Å². The standard InChI is InChI=1S/C16H25N3O/c1-10-8-9-19(14-7-5-4-6-13(10)14)16(20)15-11(2)17-18-12(15)3/h10,13-14H,4-9H2,1-3H3,(H,17,18). The van der Waals surface area contributed by atoms with E-state index in [2.05, 4.69) is 22.0 Å². The van der Waals surface area contributed by atoms with Crippen LogP contribution >= 0.6 is 0 Å². The number of aromatic nitrogens is 2. The molecule has 4 heteroatoms. The number of likely N-dealkylation sites (tertiary alicyclic amines) is 1. The summed E-state index contributed by atoms with van der Waals surface area (Å²) in [4.78, 5) is 15.1. The van der Waals surface area contributed by atoms with E-state index in [1.165, 1.54) is 25.7 Å². The second-order valence-corrected chi connectivity index (χ2v) is 6.59. The van der Waals surface area contributed by atoms with Gasteiger partial charge in [0.2, 0.25) is 0 Å². The predicted molar refractivity (Wildman–Crippen MR) is 78.6 cm³/mol. The van der Waals surface area contributed by atoms with Crippen molar-refractivity contribution in [1.82, 2.24) is 15.1 Å². The van der Waals surface area contributed by atoms with Crippen LogP contribution in [0.4, 0.5) is 0 Å². The molecule has 0 aromatic carbocycles. The molecule has 1 N–H and O–H groups in total. The fraction of sp³-hybridized carbons (Fsp3) is 0.750. The number of hydrogen-bond donors (Lipinski definition) is 1. The summed E-state index contributed by atoms with van der Waals surface area (Å²) >= 11 is 0. The third kappa shape index (κ3) is 2.15. The van der Waals surface area contributed by atoms with Gasteiger partial charge in [0.25, 0.3) is 5.91 Å². The van der Waals surface area contributed by atoms with E-state index in [1.807, 2.05) is 13.8 Å². The Hall–Kier alpha value is -1.32. The maximum atomic E-state index is 12.9. The number of hydrogen-bond acceptors (Lipinski definition) is 2. The highest BCUT2D eigenvalue weighted by Crippen LogP contribution is 2.39. The first kappa shape index (κ1) is 13.7. The Morgan fingerprint density at radius 2 is 2.00 bits per heavy atom. The molecular weight excluding hydrogens is 250 g/mol. The number of nitrogens with one attached hydrogen (secondary N) is 1. The molecule has 1 saturated carbocycles. The molecule has 1 aromatic heterocycles. The van der Waals surface area contributed by atoms with Gasteiger partial charge in [-0.05, 0) is 44.9 Å². The number of nitrogens with zero attached hydrogens (tertiary/aromatic N) is 2. The fourth-order valence-corrected chi connectivity index (χ4v) is 4.18. The number of amides is 1. The second-order valence-electron chi connectivity index (χ2n) is 6.59. The lowest BCUT2D eigenvalue weighted by molar-refractivity contribution is 0.0216. The number of carbonyl (C=O) groups is 1. The van der Waals surface area contributed by atoms with Gasteiger partial charge < -0.3 is 4.90 Å². The van der Waals surface area contributed by atoms with Gasteiger partial charge in [-0.25, -0.2) is 0 Å². The maximum Gasteiger partial charge on any atom is 0.257 e. The summed E-state index contributed by atoms with van der Waals surface area (Å²) in [6.07, 6.45) is 6.21. The van der Waals surface area contributed by atoms with Gasteiger partial charge in [0, 0.05) is 18.3 Å². The van der Waals surface area contributed by atoms with Crippen molar-refractivity contribution in [3.63, 3.8) is 0 Å². The normalized spacial score (nSPS) is 30.1. The van der Waals surface area contributed by atoms with E-state index in [4.69, 9.17) is 0 Å². The minimum Gasteiger partial charge on any atom is -0.335 e. The van der Waals surface area contributed by atoms with Crippen LogP contribution in [0, 0.1) is 25.7 Å². The van der Waals surface area contributed by atoms with Crippen LogP contribution in [0.5, 0.6) is 0 Å². The SMILES string of the molecule is Cc1n[nH]c(C)c1C(=O)N1CCC(C)C2CCCCC21. The number of piperidine rings is 1. The highest BCUT2D eigenvalue weighted by molar-refractivity contribution is 5.96. The van der Waals surface area contributed by atoms with Crippen LogP contribution in [0.1, 0.15) is 60.8 Å². The zero-order valence-corrected chi connectivity index (χ0v) is 12.8. The maximum absolute atomic E-state index is 12.9. The van der Waals surface area contributed by atoms with Crippen molar-refractivity contribution in [3.05, 3.63) is 17.0 Å². The molecule has 2 heterocycles. The third-order valence-electron chi connectivity index (χ3n) is 5.34. The van der Waals surface area contributed by atoms with Crippen molar-refractivity contribution in [3.8, 4) is 0 Å². The monoisotopic (exact) mass is 275 g/mol. The average molecular weight is 275 g/mol. The van der Waals surface area contributed by atoms with Crippen molar-refractivity contribution in [2.75, 3.05) is 6.54 Å². The Bertz CT molecular complexity index is 488. The summed E-state index contributed by atoms with van der Waals surface area (Å²) in [7, 11) is 0. The molecule has 2 aliphatic rings. The summed E-state index contributed by atoms with van der Waals surface area (Å²) in [6.45, 7) is 7.13. The van der Waals surface area contributed by atoms with Gasteiger partial charge >= 0.3 is 0 Å². The second kappa shape index (κ2) is 5.23. The summed E-state index contributed by atoms with van der Waals surface area (Å²) in [6, 6.07) is 0.452. The Balaban J connectivity index is 1.87. The molecule has 0 spiro atoms. The molecule has 0 bridgehead atoms. The zero-order chi connectivity index (χ0) is 14.3. The van der Waals surface area contributed by atoms with Crippen LogP contribution in [0.15, 0.2) is 0 Å². The van der Waals surface area contributed by atoms with Crippen LogP contribution in [0.25, 0.3) is 0 Å². The van der Waals surface area contributed by atoms with E-state index < -0.39 is 0 Å². The molecule has 110 valence electrons. The molecule has 1 aliphatic carbocycles. The third-order valence-corrected chi connectivity index (χ3v) is 5.34. The smallest absolute Gasteiger partial charge is 0.257 e. The number of H-pyrrole nitrogens is 1. The zero-order valence-electron chi connectivity index (χ0n) is 12.8. The minimum atomic E-state index is 0.192. The lowest BCUT2D eigenvalue weighted by Crippen LogP contribution is -2.52. The van der Waals surface area contributed by atoms with Crippen molar-refractivity contribution >= 4 is 5.91 Å². The Morgan fingerprint density at radius 1 is 1.25 bits per heavy atom. The summed E-state index contributed by atoms with van der Waals surface area (Å²) in [5.74, 6) is 1.66. The first-order chi connectivity index (χ1) is 9.59.